The largest absolute Gasteiger partial charge is 0.254 e. The van der Waals surface area contributed by atoms with Crippen LogP contribution < -0.4 is 4.57 Å². The van der Waals surface area contributed by atoms with E-state index in [0.29, 0.717) is 5.56 Å². The highest BCUT2D eigenvalue weighted by atomic mass is 32.2. The number of aromatic nitrogens is 1. The van der Waals surface area contributed by atoms with Gasteiger partial charge >= 0.3 is 0 Å². The molecule has 0 atom stereocenters. The first-order valence-corrected chi connectivity index (χ1v) is 8.37. The van der Waals surface area contributed by atoms with Crippen LogP contribution in [-0.2, 0) is 9.84 Å². The van der Waals surface area contributed by atoms with Gasteiger partial charge in [-0.25, -0.2) is 8.42 Å². The smallest absolute Gasteiger partial charge is 0.238 e. The Balaban J connectivity index is 2.19. The van der Waals surface area contributed by atoms with Gasteiger partial charge in [0.25, 0.3) is 0 Å². The summed E-state index contributed by atoms with van der Waals surface area (Å²) in [5, 5.41) is 0.250. The zero-order valence-corrected chi connectivity index (χ0v) is 12.6. The Hall–Kier alpha value is -2.59. The second kappa shape index (κ2) is 6.03. The summed E-state index contributed by atoms with van der Waals surface area (Å²) in [7, 11) is -3.63. The Kier molecular flexibility index (Phi) is 3.94. The van der Waals surface area contributed by atoms with Crippen molar-refractivity contribution in [1.82, 2.24) is 0 Å². The standard InChI is InChI=1S/C18H15NO2S/c20-22(21,17-12-6-2-7-13-17)18(16-10-4-1-5-11-16)19-14-8-3-9-15-19/h1-15H. The van der Waals surface area contributed by atoms with Crippen molar-refractivity contribution in [3.63, 3.8) is 0 Å². The molecule has 1 aromatic heterocycles. The number of rotatable bonds is 4. The second-order valence-electron chi connectivity index (χ2n) is 4.77. The zero-order chi connectivity index (χ0) is 15.4. The van der Waals surface area contributed by atoms with Crippen LogP contribution in [0.3, 0.4) is 0 Å². The molecule has 0 aliphatic carbocycles. The van der Waals surface area contributed by atoms with Crippen LogP contribution >= 0.6 is 0 Å². The van der Waals surface area contributed by atoms with Crippen LogP contribution in [0.2, 0.25) is 0 Å². The summed E-state index contributed by atoms with van der Waals surface area (Å²) in [6.45, 7) is 0. The Morgan fingerprint density at radius 2 is 1.18 bits per heavy atom. The van der Waals surface area contributed by atoms with Crippen molar-refractivity contribution in [1.29, 1.82) is 0 Å². The van der Waals surface area contributed by atoms with Crippen molar-refractivity contribution < 1.29 is 13.0 Å². The summed E-state index contributed by atoms with van der Waals surface area (Å²) in [6, 6.07) is 23.1. The monoisotopic (exact) mass is 309 g/mol. The molecule has 3 nitrogen and oxygen atoms in total. The van der Waals surface area contributed by atoms with Gasteiger partial charge in [-0.1, -0.05) is 42.5 Å². The Labute approximate surface area is 130 Å². The highest BCUT2D eigenvalue weighted by Crippen LogP contribution is 2.25. The number of nitrogens with zero attached hydrogens (tertiary/aromatic N) is 1. The fourth-order valence-corrected chi connectivity index (χ4v) is 3.85. The fourth-order valence-electron chi connectivity index (χ4n) is 2.27. The summed E-state index contributed by atoms with van der Waals surface area (Å²) in [5.41, 5.74) is 0.655. The maximum atomic E-state index is 13.1. The molecule has 0 N–H and O–H groups in total. The van der Waals surface area contributed by atoms with Crippen LogP contribution in [0.5, 0.6) is 0 Å². The third kappa shape index (κ3) is 2.73. The molecule has 0 saturated heterocycles. The van der Waals surface area contributed by atoms with Gasteiger partial charge in [-0.2, -0.15) is 0 Å². The molecule has 0 aliphatic heterocycles. The van der Waals surface area contributed by atoms with Crippen molar-refractivity contribution in [2.75, 3.05) is 0 Å². The molecule has 2 aromatic carbocycles. The summed E-state index contributed by atoms with van der Waals surface area (Å²) >= 11 is 0. The minimum atomic E-state index is -3.63. The normalized spacial score (nSPS) is 11.1. The van der Waals surface area contributed by atoms with Crippen molar-refractivity contribution in [3.8, 4) is 0 Å². The lowest BCUT2D eigenvalue weighted by Gasteiger charge is -2.18. The number of hydrogen-bond acceptors (Lipinski definition) is 2. The van der Waals surface area contributed by atoms with Crippen LogP contribution in [0.25, 0.3) is 0 Å². The van der Waals surface area contributed by atoms with Gasteiger partial charge in [0.1, 0.15) is 12.4 Å². The maximum Gasteiger partial charge on any atom is 0.238 e. The molecule has 0 radical (unpaired) electrons. The van der Waals surface area contributed by atoms with E-state index in [4.69, 9.17) is 0 Å². The minimum Gasteiger partial charge on any atom is -0.254 e. The van der Waals surface area contributed by atoms with E-state index >= 15 is 0 Å². The number of pyridine rings is 1. The predicted molar refractivity (Wildman–Crippen MR) is 84.4 cm³/mol. The van der Waals surface area contributed by atoms with E-state index in [1.165, 1.54) is 0 Å². The van der Waals surface area contributed by atoms with Gasteiger partial charge in [0.05, 0.1) is 4.90 Å². The van der Waals surface area contributed by atoms with E-state index in [2.05, 4.69) is 0 Å². The number of sulfone groups is 1. The molecule has 22 heavy (non-hydrogen) atoms. The average molecular weight is 309 g/mol. The van der Waals surface area contributed by atoms with E-state index in [1.807, 2.05) is 36.4 Å². The Morgan fingerprint density at radius 3 is 1.77 bits per heavy atom. The van der Waals surface area contributed by atoms with Gasteiger partial charge in [-0.3, -0.25) is 4.57 Å². The highest BCUT2D eigenvalue weighted by molar-refractivity contribution is 7.94. The summed E-state index contributed by atoms with van der Waals surface area (Å²) in [4.78, 5) is 0.283. The number of hydrogen-bond donors (Lipinski definition) is 0. The van der Waals surface area contributed by atoms with E-state index in [1.54, 1.807) is 59.4 Å². The lowest BCUT2D eigenvalue weighted by Crippen LogP contribution is -2.44. The van der Waals surface area contributed by atoms with Crippen LogP contribution in [0.15, 0.2) is 96.2 Å². The topological polar surface area (TPSA) is 38.0 Å². The molecule has 0 aliphatic rings. The van der Waals surface area contributed by atoms with Gasteiger partial charge in [0.15, 0.2) is 0 Å². The van der Waals surface area contributed by atoms with Crippen LogP contribution in [0, 0.1) is 5.37 Å². The lowest BCUT2D eigenvalue weighted by atomic mass is 10.2. The van der Waals surface area contributed by atoms with Crippen molar-refractivity contribution in [2.24, 2.45) is 0 Å². The van der Waals surface area contributed by atoms with Crippen LogP contribution in [-0.4, -0.2) is 8.42 Å². The van der Waals surface area contributed by atoms with E-state index in [0.717, 1.165) is 0 Å². The molecule has 0 spiro atoms. The first-order chi connectivity index (χ1) is 10.7. The maximum absolute atomic E-state index is 13.1. The Bertz CT molecular complexity index is 793. The van der Waals surface area contributed by atoms with Gasteiger partial charge in [-0.15, -0.1) is 12.1 Å². The second-order valence-corrected chi connectivity index (χ2v) is 6.64. The molecule has 0 fully saturated rings. The minimum absolute atomic E-state index is 0.250. The number of benzene rings is 2. The highest BCUT2D eigenvalue weighted by Gasteiger charge is 2.33. The summed E-state index contributed by atoms with van der Waals surface area (Å²) in [6.07, 6.45) is 3.48. The van der Waals surface area contributed by atoms with Gasteiger partial charge in [-0.05, 0) is 29.8 Å². The average Bonchev–Trinajstić information content (AvgIpc) is 2.58. The lowest BCUT2D eigenvalue weighted by molar-refractivity contribution is -0.638. The molecule has 0 saturated carbocycles. The first kappa shape index (κ1) is 14.4. The first-order valence-electron chi connectivity index (χ1n) is 6.89. The molecule has 110 valence electrons. The predicted octanol–water partition coefficient (Wildman–Crippen LogP) is 2.83. The SMILES string of the molecule is O=S(=O)(c1ccccc1)[C-](c1ccccc1)[n+]1ccccc1. The van der Waals surface area contributed by atoms with Gasteiger partial charge in [0.2, 0.25) is 15.2 Å². The summed E-state index contributed by atoms with van der Waals surface area (Å²) < 4.78 is 27.8. The molecular formula is C18H15NO2S. The molecule has 4 heteroatoms. The molecule has 3 rings (SSSR count). The van der Waals surface area contributed by atoms with Crippen molar-refractivity contribution in [2.45, 2.75) is 4.90 Å². The summed E-state index contributed by atoms with van der Waals surface area (Å²) in [5.74, 6) is 0. The molecule has 0 bridgehead atoms. The molecule has 3 aromatic rings. The quantitative estimate of drug-likeness (QED) is 0.549. The van der Waals surface area contributed by atoms with Crippen LogP contribution in [0.1, 0.15) is 5.56 Å². The fraction of sp³-hybridized carbons (Fsp3) is 0. The third-order valence-corrected chi connectivity index (χ3v) is 5.13. The zero-order valence-electron chi connectivity index (χ0n) is 11.8. The van der Waals surface area contributed by atoms with Gasteiger partial charge in [0, 0.05) is 0 Å². The van der Waals surface area contributed by atoms with E-state index in [9.17, 15) is 8.42 Å². The van der Waals surface area contributed by atoms with Crippen LogP contribution in [0.4, 0.5) is 0 Å². The molecule has 0 unspecified atom stereocenters. The van der Waals surface area contributed by atoms with Crippen molar-refractivity contribution >= 4 is 9.84 Å². The van der Waals surface area contributed by atoms with E-state index in [-0.39, 0.29) is 10.3 Å². The molecule has 1 heterocycles. The van der Waals surface area contributed by atoms with Gasteiger partial charge < -0.3 is 0 Å². The van der Waals surface area contributed by atoms with E-state index < -0.39 is 9.84 Å². The Morgan fingerprint density at radius 1 is 0.682 bits per heavy atom. The molecule has 0 amide bonds. The third-order valence-electron chi connectivity index (χ3n) is 3.28. The molecular weight excluding hydrogens is 294 g/mol. The van der Waals surface area contributed by atoms with Crippen molar-refractivity contribution in [3.05, 3.63) is 102 Å².